The number of methoxy groups -OCH3 is 1. The molecule has 0 bridgehead atoms. The van der Waals surface area contributed by atoms with E-state index in [0.717, 1.165) is 16.6 Å². The van der Waals surface area contributed by atoms with Gasteiger partial charge in [-0.2, -0.15) is 0 Å². The molecule has 0 unspecified atom stereocenters. The summed E-state index contributed by atoms with van der Waals surface area (Å²) in [6.45, 7) is 0.275. The third kappa shape index (κ3) is 4.67. The van der Waals surface area contributed by atoms with Gasteiger partial charge in [-0.15, -0.1) is 0 Å². The van der Waals surface area contributed by atoms with E-state index in [1.807, 2.05) is 36.4 Å². The summed E-state index contributed by atoms with van der Waals surface area (Å²) in [5, 5.41) is 4.45. The molecule has 156 valence electrons. The summed E-state index contributed by atoms with van der Waals surface area (Å²) in [4.78, 5) is 20.1. The van der Waals surface area contributed by atoms with Crippen LogP contribution in [0.5, 0.6) is 11.5 Å². The fourth-order valence-electron chi connectivity index (χ4n) is 3.01. The molecule has 4 rings (SSSR count). The number of para-hydroxylation sites is 1. The number of nitrogens with zero attached hydrogens (tertiary/aromatic N) is 2. The zero-order chi connectivity index (χ0) is 21.8. The highest BCUT2D eigenvalue weighted by molar-refractivity contribution is 6.33. The number of primary amides is 1. The molecule has 2 aromatic carbocycles. The molecule has 0 radical (unpaired) electrons. The molecule has 0 fully saturated rings. The van der Waals surface area contributed by atoms with Gasteiger partial charge in [-0.3, -0.25) is 4.79 Å². The molecule has 4 aromatic rings. The van der Waals surface area contributed by atoms with E-state index in [4.69, 9.17) is 26.8 Å². The minimum absolute atomic E-state index is 0.234. The van der Waals surface area contributed by atoms with Crippen molar-refractivity contribution in [1.82, 2.24) is 9.97 Å². The summed E-state index contributed by atoms with van der Waals surface area (Å²) in [7, 11) is 1.57. The van der Waals surface area contributed by atoms with Gasteiger partial charge in [-0.25, -0.2) is 9.97 Å². The summed E-state index contributed by atoms with van der Waals surface area (Å²) in [6.07, 6.45) is 1.36. The molecule has 0 aliphatic heterocycles. The second kappa shape index (κ2) is 8.89. The Morgan fingerprint density at radius 1 is 1.10 bits per heavy atom. The molecule has 0 spiro atoms. The summed E-state index contributed by atoms with van der Waals surface area (Å²) < 4.78 is 11.4. The van der Waals surface area contributed by atoms with Crippen molar-refractivity contribution in [2.75, 3.05) is 12.4 Å². The van der Waals surface area contributed by atoms with Gasteiger partial charge in [0.05, 0.1) is 28.9 Å². The van der Waals surface area contributed by atoms with Crippen LogP contribution in [0.2, 0.25) is 5.02 Å². The Kier molecular flexibility index (Phi) is 5.86. The first kappa shape index (κ1) is 20.4. The largest absolute Gasteiger partial charge is 0.493 e. The number of nitrogens with two attached hydrogens (primary N) is 1. The van der Waals surface area contributed by atoms with Crippen LogP contribution in [0.3, 0.4) is 0 Å². The van der Waals surface area contributed by atoms with Gasteiger partial charge in [-0.05, 0) is 30.3 Å². The van der Waals surface area contributed by atoms with Crippen LogP contribution in [-0.2, 0) is 6.61 Å². The monoisotopic (exact) mass is 434 g/mol. The lowest BCUT2D eigenvalue weighted by Crippen LogP contribution is -2.11. The number of nitrogens with one attached hydrogen (secondary N) is 1. The maximum Gasteiger partial charge on any atom is 0.250 e. The highest BCUT2D eigenvalue weighted by Gasteiger charge is 2.11. The SMILES string of the molecule is COc1ccc(Nc2ncc(C(N)=O)cc2Cl)cc1OCc1ccc2ccccc2n1. The molecule has 2 heterocycles. The van der Waals surface area contributed by atoms with Crippen molar-refractivity contribution in [3.63, 3.8) is 0 Å². The van der Waals surface area contributed by atoms with Crippen molar-refractivity contribution in [2.24, 2.45) is 5.73 Å². The number of carbonyl (C=O) groups excluding carboxylic acids is 1. The average Bonchev–Trinajstić information content (AvgIpc) is 2.79. The van der Waals surface area contributed by atoms with Crippen molar-refractivity contribution in [3.05, 3.63) is 83.1 Å². The molecule has 8 heteroatoms. The van der Waals surface area contributed by atoms with Crippen molar-refractivity contribution in [2.45, 2.75) is 6.61 Å². The molecule has 0 saturated carbocycles. The fourth-order valence-corrected chi connectivity index (χ4v) is 3.22. The Labute approximate surface area is 183 Å². The highest BCUT2D eigenvalue weighted by atomic mass is 35.5. The number of ether oxygens (including phenoxy) is 2. The maximum atomic E-state index is 11.3. The zero-order valence-electron chi connectivity index (χ0n) is 16.6. The molecule has 7 nitrogen and oxygen atoms in total. The van der Waals surface area contributed by atoms with Crippen LogP contribution in [0.25, 0.3) is 10.9 Å². The van der Waals surface area contributed by atoms with Gasteiger partial charge >= 0.3 is 0 Å². The van der Waals surface area contributed by atoms with Gasteiger partial charge in [-0.1, -0.05) is 35.9 Å². The van der Waals surface area contributed by atoms with E-state index in [-0.39, 0.29) is 17.2 Å². The Bertz CT molecular complexity index is 1260. The smallest absolute Gasteiger partial charge is 0.250 e. The predicted molar refractivity (Wildman–Crippen MR) is 120 cm³/mol. The molecule has 0 aliphatic carbocycles. The lowest BCUT2D eigenvalue weighted by molar-refractivity contribution is 0.1000. The molecule has 3 N–H and O–H groups in total. The van der Waals surface area contributed by atoms with E-state index in [1.165, 1.54) is 12.3 Å². The van der Waals surface area contributed by atoms with Crippen LogP contribution in [0.4, 0.5) is 11.5 Å². The van der Waals surface area contributed by atoms with E-state index < -0.39 is 5.91 Å². The zero-order valence-corrected chi connectivity index (χ0v) is 17.4. The Hall–Kier alpha value is -3.84. The molecule has 1 amide bonds. The first-order valence-electron chi connectivity index (χ1n) is 9.41. The quantitative estimate of drug-likeness (QED) is 0.437. The summed E-state index contributed by atoms with van der Waals surface area (Å²) in [5.41, 5.74) is 7.88. The van der Waals surface area contributed by atoms with E-state index >= 15 is 0 Å². The Morgan fingerprint density at radius 3 is 2.71 bits per heavy atom. The number of benzene rings is 2. The second-order valence-electron chi connectivity index (χ2n) is 6.69. The summed E-state index contributed by atoms with van der Waals surface area (Å²) >= 11 is 6.21. The number of anilines is 2. The first-order valence-corrected chi connectivity index (χ1v) is 9.79. The number of halogens is 1. The Balaban J connectivity index is 1.53. The average molecular weight is 435 g/mol. The Morgan fingerprint density at radius 2 is 1.94 bits per heavy atom. The first-order chi connectivity index (χ1) is 15.0. The molecular weight excluding hydrogens is 416 g/mol. The van der Waals surface area contributed by atoms with E-state index in [9.17, 15) is 4.79 Å². The maximum absolute atomic E-state index is 11.3. The van der Waals surface area contributed by atoms with Gasteiger partial charge in [0, 0.05) is 23.3 Å². The molecule has 0 atom stereocenters. The molecule has 2 aromatic heterocycles. The normalized spacial score (nSPS) is 10.6. The lowest BCUT2D eigenvalue weighted by atomic mass is 10.2. The standard InChI is InChI=1S/C23H19ClN4O3/c1-30-20-9-8-16(28-23-18(24)10-15(12-26-23)22(25)29)11-21(20)31-13-17-7-6-14-4-2-3-5-19(14)27-17/h2-12H,13H2,1H3,(H2,25,29)(H,26,28). The fraction of sp³-hybridized carbons (Fsp3) is 0.0870. The van der Waals surface area contributed by atoms with Crippen LogP contribution in [0, 0.1) is 0 Å². The van der Waals surface area contributed by atoms with Gasteiger partial charge in [0.1, 0.15) is 12.4 Å². The molecule has 31 heavy (non-hydrogen) atoms. The van der Waals surface area contributed by atoms with Crippen LogP contribution in [0.15, 0.2) is 66.9 Å². The molecular formula is C23H19ClN4O3. The van der Waals surface area contributed by atoms with Gasteiger partial charge in [0.15, 0.2) is 11.5 Å². The van der Waals surface area contributed by atoms with Crippen LogP contribution in [-0.4, -0.2) is 23.0 Å². The van der Waals surface area contributed by atoms with Gasteiger partial charge < -0.3 is 20.5 Å². The van der Waals surface area contributed by atoms with E-state index in [2.05, 4.69) is 15.3 Å². The number of rotatable bonds is 7. The van der Waals surface area contributed by atoms with Crippen molar-refractivity contribution < 1.29 is 14.3 Å². The minimum atomic E-state index is -0.594. The van der Waals surface area contributed by atoms with Gasteiger partial charge in [0.2, 0.25) is 5.91 Å². The number of hydrogen-bond acceptors (Lipinski definition) is 6. The number of pyridine rings is 2. The molecule has 0 saturated heterocycles. The van der Waals surface area contributed by atoms with Crippen molar-refractivity contribution in [1.29, 1.82) is 0 Å². The van der Waals surface area contributed by atoms with Crippen LogP contribution >= 0.6 is 11.6 Å². The second-order valence-corrected chi connectivity index (χ2v) is 7.10. The van der Waals surface area contributed by atoms with E-state index in [1.54, 1.807) is 25.3 Å². The number of hydrogen-bond donors (Lipinski definition) is 2. The predicted octanol–water partition coefficient (Wildman–Crippen LogP) is 4.71. The lowest BCUT2D eigenvalue weighted by Gasteiger charge is -2.14. The minimum Gasteiger partial charge on any atom is -0.493 e. The van der Waals surface area contributed by atoms with Crippen molar-refractivity contribution in [3.8, 4) is 11.5 Å². The molecule has 0 aliphatic rings. The van der Waals surface area contributed by atoms with E-state index in [0.29, 0.717) is 23.0 Å². The number of aromatic nitrogens is 2. The van der Waals surface area contributed by atoms with Gasteiger partial charge in [0.25, 0.3) is 0 Å². The van der Waals surface area contributed by atoms with Crippen LogP contribution in [0.1, 0.15) is 16.1 Å². The summed E-state index contributed by atoms with van der Waals surface area (Å²) in [6, 6.07) is 18.7. The highest BCUT2D eigenvalue weighted by Crippen LogP contribution is 2.33. The number of carbonyl (C=O) groups is 1. The summed E-state index contributed by atoms with van der Waals surface area (Å²) in [5.74, 6) is 0.907. The third-order valence-corrected chi connectivity index (χ3v) is 4.87. The van der Waals surface area contributed by atoms with Crippen molar-refractivity contribution >= 4 is 39.9 Å². The third-order valence-electron chi connectivity index (χ3n) is 4.58. The number of fused-ring (bicyclic) bond motifs is 1. The number of amides is 1. The van der Waals surface area contributed by atoms with Crippen LogP contribution < -0.4 is 20.5 Å². The topological polar surface area (TPSA) is 99.4 Å².